The maximum absolute atomic E-state index is 14.0. The first-order chi connectivity index (χ1) is 22.6. The molecule has 1 aliphatic heterocycles. The fourth-order valence-corrected chi connectivity index (χ4v) is 9.29. The minimum atomic E-state index is -0.371. The first-order valence-electron chi connectivity index (χ1n) is 19.3. The zero-order chi connectivity index (χ0) is 33.5. The maximum atomic E-state index is 14.0. The Kier molecular flexibility index (Phi) is 13.4. The summed E-state index contributed by atoms with van der Waals surface area (Å²) >= 11 is 0. The van der Waals surface area contributed by atoms with E-state index in [0.29, 0.717) is 12.5 Å². The van der Waals surface area contributed by atoms with Crippen LogP contribution in [0.25, 0.3) is 0 Å². The molecule has 0 aromatic carbocycles. The van der Waals surface area contributed by atoms with Gasteiger partial charge in [0.15, 0.2) is 0 Å². The van der Waals surface area contributed by atoms with Crippen LogP contribution in [0.15, 0.2) is 0 Å². The summed E-state index contributed by atoms with van der Waals surface area (Å²) in [5.41, 5.74) is 6.29. The number of hydrogen-bond donors (Lipinski definition) is 4. The van der Waals surface area contributed by atoms with Crippen LogP contribution in [0, 0.1) is 29.6 Å². The number of carbonyl (C=O) groups excluding carboxylic acids is 3. The van der Waals surface area contributed by atoms with E-state index in [4.69, 9.17) is 10.5 Å². The Morgan fingerprint density at radius 2 is 1.49 bits per heavy atom. The predicted molar refractivity (Wildman–Crippen MR) is 183 cm³/mol. The van der Waals surface area contributed by atoms with Crippen LogP contribution in [0.3, 0.4) is 0 Å². The number of amides is 3. The topological polar surface area (TPSA) is 137 Å². The Hall–Kier alpha value is -1.75. The van der Waals surface area contributed by atoms with E-state index in [-0.39, 0.29) is 84.4 Å². The molecule has 5 unspecified atom stereocenters. The molecule has 4 saturated carbocycles. The smallest absolute Gasteiger partial charge is 0.228 e. The molecule has 10 heteroatoms. The van der Waals surface area contributed by atoms with Gasteiger partial charge in [0.25, 0.3) is 0 Å². The predicted octanol–water partition coefficient (Wildman–Crippen LogP) is 3.59. The molecule has 47 heavy (non-hydrogen) atoms. The summed E-state index contributed by atoms with van der Waals surface area (Å²) in [6.07, 6.45) is 15.5. The van der Waals surface area contributed by atoms with Gasteiger partial charge in [-0.2, -0.15) is 0 Å². The van der Waals surface area contributed by atoms with Gasteiger partial charge in [-0.25, -0.2) is 0 Å². The molecule has 0 aromatic heterocycles. The monoisotopic (exact) mass is 659 g/mol. The standard InChI is InChI=1S/C37H65N5O5/c1-24-20-42(25(2)23-43)37(46)29-12-9-15-32(40-35(44)27-10-5-4-6-11-27)34(29)47-33(24)22-41(3)21-26-16-18-28(19-17-26)36(45)39-31-14-8-7-13-30(31)38/h24-34,43H,4-23,38H2,1-3H3,(H,39,45)(H,40,44)/t24-,25+,26?,28?,29?,30?,31?,32?,33-,34?/m1/s1. The van der Waals surface area contributed by atoms with Gasteiger partial charge >= 0.3 is 0 Å². The molecular formula is C37H65N5O5. The number of nitrogens with zero attached hydrogens (tertiary/aromatic N) is 2. The summed E-state index contributed by atoms with van der Waals surface area (Å²) in [4.78, 5) is 44.7. The largest absolute Gasteiger partial charge is 0.394 e. The second-order valence-electron chi connectivity index (χ2n) is 16.1. The van der Waals surface area contributed by atoms with Crippen molar-refractivity contribution in [1.82, 2.24) is 20.4 Å². The third-order valence-electron chi connectivity index (χ3n) is 12.4. The molecular weight excluding hydrogens is 594 g/mol. The molecule has 1 heterocycles. The van der Waals surface area contributed by atoms with Gasteiger partial charge in [-0.1, -0.05) is 45.4 Å². The first kappa shape index (κ1) is 36.5. The highest BCUT2D eigenvalue weighted by Gasteiger charge is 2.46. The van der Waals surface area contributed by atoms with Crippen molar-refractivity contribution in [2.45, 2.75) is 153 Å². The van der Waals surface area contributed by atoms with Crippen LogP contribution in [0.1, 0.15) is 117 Å². The Morgan fingerprint density at radius 1 is 0.872 bits per heavy atom. The fourth-order valence-electron chi connectivity index (χ4n) is 9.29. The number of likely N-dealkylation sites (N-methyl/N-ethyl adjacent to an activating group) is 1. The number of ether oxygens (including phenoxy) is 1. The van der Waals surface area contributed by atoms with Gasteiger partial charge in [-0.05, 0) is 84.1 Å². The lowest BCUT2D eigenvalue weighted by Gasteiger charge is -2.47. The van der Waals surface area contributed by atoms with E-state index in [2.05, 4.69) is 29.5 Å². The number of nitrogens with one attached hydrogen (secondary N) is 2. The molecule has 0 radical (unpaired) electrons. The summed E-state index contributed by atoms with van der Waals surface area (Å²) in [6, 6.07) is -0.233. The van der Waals surface area contributed by atoms with E-state index in [9.17, 15) is 19.5 Å². The van der Waals surface area contributed by atoms with Crippen molar-refractivity contribution in [3.63, 3.8) is 0 Å². The lowest BCUT2D eigenvalue weighted by Crippen LogP contribution is -2.61. The molecule has 1 saturated heterocycles. The lowest BCUT2D eigenvalue weighted by molar-refractivity contribution is -0.167. The Bertz CT molecular complexity index is 1030. The van der Waals surface area contributed by atoms with Gasteiger partial charge in [0.1, 0.15) is 0 Å². The number of hydrogen-bond acceptors (Lipinski definition) is 7. The van der Waals surface area contributed by atoms with Crippen molar-refractivity contribution in [2.75, 3.05) is 33.3 Å². The van der Waals surface area contributed by atoms with Gasteiger partial charge in [-0.15, -0.1) is 0 Å². The van der Waals surface area contributed by atoms with E-state index in [1.165, 1.54) is 6.42 Å². The third kappa shape index (κ3) is 9.49. The molecule has 5 fully saturated rings. The molecule has 0 bridgehead atoms. The molecule has 4 aliphatic carbocycles. The zero-order valence-corrected chi connectivity index (χ0v) is 29.5. The fraction of sp³-hybridized carbons (Fsp3) is 0.919. The van der Waals surface area contributed by atoms with Crippen LogP contribution >= 0.6 is 0 Å². The summed E-state index contributed by atoms with van der Waals surface area (Å²) in [5.74, 6) is 0.797. The number of carbonyl (C=O) groups is 3. The van der Waals surface area contributed by atoms with E-state index >= 15 is 0 Å². The van der Waals surface area contributed by atoms with E-state index in [1.54, 1.807) is 0 Å². The molecule has 268 valence electrons. The van der Waals surface area contributed by atoms with E-state index < -0.39 is 0 Å². The third-order valence-corrected chi connectivity index (χ3v) is 12.4. The van der Waals surface area contributed by atoms with Crippen LogP contribution in [0.2, 0.25) is 0 Å². The average Bonchev–Trinajstić information content (AvgIpc) is 3.08. The van der Waals surface area contributed by atoms with Crippen molar-refractivity contribution in [2.24, 2.45) is 35.3 Å². The molecule has 10 nitrogen and oxygen atoms in total. The molecule has 0 aromatic rings. The Balaban J connectivity index is 1.20. The van der Waals surface area contributed by atoms with Crippen LogP contribution in [-0.2, 0) is 19.1 Å². The highest BCUT2D eigenvalue weighted by Crippen LogP contribution is 2.36. The van der Waals surface area contributed by atoms with Gasteiger partial charge < -0.3 is 36.0 Å². The molecule has 5 N–H and O–H groups in total. The number of fused-ring (bicyclic) bond motifs is 1. The SMILES string of the molecule is C[C@@H]1CN([C@@H](C)CO)C(=O)C2CCCC(NC(=O)C3CCCCC3)C2O[C@@H]1CN(C)CC1CCC(C(=O)NC2CCCCC2N)CC1. The summed E-state index contributed by atoms with van der Waals surface area (Å²) in [5, 5.41) is 16.7. The highest BCUT2D eigenvalue weighted by molar-refractivity contribution is 5.81. The van der Waals surface area contributed by atoms with Crippen molar-refractivity contribution in [1.29, 1.82) is 0 Å². The number of nitrogens with two attached hydrogens (primary N) is 1. The van der Waals surface area contributed by atoms with Crippen molar-refractivity contribution in [3.05, 3.63) is 0 Å². The summed E-state index contributed by atoms with van der Waals surface area (Å²) in [6.45, 7) is 6.24. The van der Waals surface area contributed by atoms with Gasteiger partial charge in [0, 0.05) is 49.5 Å². The molecule has 5 rings (SSSR count). The minimum Gasteiger partial charge on any atom is -0.394 e. The molecule has 3 amide bonds. The van der Waals surface area contributed by atoms with Crippen molar-refractivity contribution < 1.29 is 24.2 Å². The summed E-state index contributed by atoms with van der Waals surface area (Å²) < 4.78 is 7.00. The van der Waals surface area contributed by atoms with Crippen LogP contribution in [0.5, 0.6) is 0 Å². The summed E-state index contributed by atoms with van der Waals surface area (Å²) in [7, 11) is 2.16. The second kappa shape index (κ2) is 17.3. The van der Waals surface area contributed by atoms with Gasteiger partial charge in [-0.3, -0.25) is 14.4 Å². The highest BCUT2D eigenvalue weighted by atomic mass is 16.5. The van der Waals surface area contributed by atoms with E-state index in [1.807, 2.05) is 11.8 Å². The van der Waals surface area contributed by atoms with Gasteiger partial charge in [0.05, 0.1) is 36.8 Å². The second-order valence-corrected chi connectivity index (χ2v) is 16.1. The lowest BCUT2D eigenvalue weighted by atomic mass is 9.79. The minimum absolute atomic E-state index is 0.0538. The van der Waals surface area contributed by atoms with Gasteiger partial charge in [0.2, 0.25) is 17.7 Å². The first-order valence-corrected chi connectivity index (χ1v) is 19.3. The van der Waals surface area contributed by atoms with Crippen LogP contribution < -0.4 is 16.4 Å². The molecule has 8 atom stereocenters. The number of aliphatic hydroxyl groups is 1. The number of aliphatic hydroxyl groups excluding tert-OH is 1. The molecule has 0 spiro atoms. The maximum Gasteiger partial charge on any atom is 0.228 e. The van der Waals surface area contributed by atoms with Crippen molar-refractivity contribution in [3.8, 4) is 0 Å². The average molecular weight is 660 g/mol. The Labute approximate surface area is 283 Å². The number of rotatable bonds is 10. The quantitative estimate of drug-likeness (QED) is 0.281. The molecule has 5 aliphatic rings. The van der Waals surface area contributed by atoms with Crippen LogP contribution in [-0.4, -0.2) is 102 Å². The Morgan fingerprint density at radius 3 is 2.17 bits per heavy atom. The zero-order valence-electron chi connectivity index (χ0n) is 29.5. The van der Waals surface area contributed by atoms with Crippen molar-refractivity contribution >= 4 is 17.7 Å². The van der Waals surface area contributed by atoms with Crippen LogP contribution in [0.4, 0.5) is 0 Å². The normalized spacial score (nSPS) is 36.6. The van der Waals surface area contributed by atoms with E-state index in [0.717, 1.165) is 109 Å².